The van der Waals surface area contributed by atoms with E-state index in [1.807, 2.05) is 23.6 Å². The molecule has 1 saturated heterocycles. The van der Waals surface area contributed by atoms with Crippen molar-refractivity contribution in [3.05, 3.63) is 18.3 Å². The number of nitrogens with zero attached hydrogens (tertiary/aromatic N) is 3. The van der Waals surface area contributed by atoms with Gasteiger partial charge in [-0.3, -0.25) is 4.79 Å². The number of hydrogen-bond donors (Lipinski definition) is 1. The third-order valence-electron chi connectivity index (χ3n) is 4.38. The van der Waals surface area contributed by atoms with Gasteiger partial charge in [-0.25, -0.2) is 9.78 Å². The average Bonchev–Trinajstić information content (AvgIpc) is 2.63. The zero-order valence-corrected chi connectivity index (χ0v) is 14.6. The fraction of sp³-hybridized carbons (Fsp3) is 0.588. The molecule has 2 heterocycles. The number of carbonyl (C=O) groups excluding carboxylic acids is 2. The van der Waals surface area contributed by atoms with Gasteiger partial charge in [0.15, 0.2) is 0 Å². The van der Waals surface area contributed by atoms with Gasteiger partial charge in [0, 0.05) is 38.2 Å². The van der Waals surface area contributed by atoms with Gasteiger partial charge in [-0.2, -0.15) is 0 Å². The summed E-state index contributed by atoms with van der Waals surface area (Å²) in [5.41, 5.74) is 0.655. The highest BCUT2D eigenvalue weighted by Gasteiger charge is 2.28. The summed E-state index contributed by atoms with van der Waals surface area (Å²) in [5, 5.41) is 2.88. The lowest BCUT2D eigenvalue weighted by Gasteiger charge is -2.34. The molecule has 0 atom stereocenters. The molecule has 7 heteroatoms. The van der Waals surface area contributed by atoms with Crippen LogP contribution in [-0.2, 0) is 4.79 Å². The Morgan fingerprint density at radius 1 is 1.29 bits per heavy atom. The third kappa shape index (κ3) is 4.37. The second-order valence-electron chi connectivity index (χ2n) is 5.79. The predicted molar refractivity (Wildman–Crippen MR) is 92.0 cm³/mol. The zero-order valence-electron chi connectivity index (χ0n) is 14.6. The Morgan fingerprint density at radius 2 is 1.96 bits per heavy atom. The van der Waals surface area contributed by atoms with Gasteiger partial charge in [-0.05, 0) is 32.8 Å². The Labute approximate surface area is 143 Å². The maximum atomic E-state index is 12.4. The first kappa shape index (κ1) is 18.0. The molecule has 3 amide bonds. The molecule has 7 nitrogen and oxygen atoms in total. The van der Waals surface area contributed by atoms with Crippen molar-refractivity contribution in [2.45, 2.75) is 26.7 Å². The van der Waals surface area contributed by atoms with E-state index in [2.05, 4.69) is 10.3 Å². The fourth-order valence-corrected chi connectivity index (χ4v) is 2.85. The monoisotopic (exact) mass is 334 g/mol. The number of likely N-dealkylation sites (tertiary alicyclic amines) is 1. The third-order valence-corrected chi connectivity index (χ3v) is 4.38. The van der Waals surface area contributed by atoms with E-state index in [9.17, 15) is 9.59 Å². The Kier molecular flexibility index (Phi) is 6.40. The van der Waals surface area contributed by atoms with Gasteiger partial charge in [-0.15, -0.1) is 0 Å². The maximum Gasteiger partial charge on any atom is 0.319 e. The van der Waals surface area contributed by atoms with Gasteiger partial charge < -0.3 is 19.9 Å². The summed E-state index contributed by atoms with van der Waals surface area (Å²) in [6, 6.07) is 3.54. The molecule has 0 aromatic carbocycles. The number of methoxy groups -OCH3 is 1. The van der Waals surface area contributed by atoms with Crippen LogP contribution in [0.3, 0.4) is 0 Å². The second-order valence-corrected chi connectivity index (χ2v) is 5.79. The minimum Gasteiger partial charge on any atom is -0.481 e. The van der Waals surface area contributed by atoms with Gasteiger partial charge in [0.1, 0.15) is 0 Å². The number of carbonyl (C=O) groups is 2. The topological polar surface area (TPSA) is 74.8 Å². The molecule has 132 valence electrons. The lowest BCUT2D eigenvalue weighted by atomic mass is 9.96. The number of nitrogens with one attached hydrogen (secondary N) is 1. The number of aromatic nitrogens is 1. The molecule has 0 spiro atoms. The van der Waals surface area contributed by atoms with Gasteiger partial charge in [-0.1, -0.05) is 0 Å². The molecule has 1 fully saturated rings. The summed E-state index contributed by atoms with van der Waals surface area (Å²) in [6.07, 6.45) is 2.95. The van der Waals surface area contributed by atoms with Crippen LogP contribution in [0.4, 0.5) is 10.5 Å². The van der Waals surface area contributed by atoms with Crippen LogP contribution in [-0.4, -0.2) is 60.0 Å². The molecule has 24 heavy (non-hydrogen) atoms. The van der Waals surface area contributed by atoms with Crippen molar-refractivity contribution in [2.75, 3.05) is 38.6 Å². The van der Waals surface area contributed by atoms with Gasteiger partial charge in [0.05, 0.1) is 19.0 Å². The van der Waals surface area contributed by atoms with Crippen molar-refractivity contribution in [1.29, 1.82) is 0 Å². The van der Waals surface area contributed by atoms with E-state index in [1.165, 1.54) is 0 Å². The first-order valence-electron chi connectivity index (χ1n) is 8.43. The second kappa shape index (κ2) is 8.52. The van der Waals surface area contributed by atoms with Crippen molar-refractivity contribution >= 4 is 17.6 Å². The summed E-state index contributed by atoms with van der Waals surface area (Å²) in [5.74, 6) is 0.418. The highest BCUT2D eigenvalue weighted by Crippen LogP contribution is 2.21. The lowest BCUT2D eigenvalue weighted by Crippen LogP contribution is -2.47. The summed E-state index contributed by atoms with van der Waals surface area (Å²) < 4.78 is 5.00. The molecule has 0 saturated carbocycles. The molecule has 0 unspecified atom stereocenters. The van der Waals surface area contributed by atoms with Crippen LogP contribution in [0.25, 0.3) is 0 Å². The van der Waals surface area contributed by atoms with E-state index < -0.39 is 0 Å². The number of hydrogen-bond acceptors (Lipinski definition) is 4. The molecule has 0 bridgehead atoms. The minimum atomic E-state index is -0.0761. The molecule has 1 aliphatic heterocycles. The molecular weight excluding hydrogens is 308 g/mol. The summed E-state index contributed by atoms with van der Waals surface area (Å²) >= 11 is 0. The quantitative estimate of drug-likeness (QED) is 0.896. The number of ether oxygens (including phenoxy) is 1. The Bertz CT molecular complexity index is 549. The van der Waals surface area contributed by atoms with E-state index in [4.69, 9.17) is 4.74 Å². The number of pyridine rings is 1. The van der Waals surface area contributed by atoms with Crippen LogP contribution in [0.15, 0.2) is 18.3 Å². The molecule has 1 aliphatic rings. The fourth-order valence-electron chi connectivity index (χ4n) is 2.85. The number of piperidine rings is 1. The van der Waals surface area contributed by atoms with Crippen molar-refractivity contribution < 1.29 is 14.3 Å². The highest BCUT2D eigenvalue weighted by atomic mass is 16.5. The van der Waals surface area contributed by atoms with Crippen molar-refractivity contribution in [1.82, 2.24) is 14.8 Å². The molecule has 1 aromatic rings. The summed E-state index contributed by atoms with van der Waals surface area (Å²) in [7, 11) is 1.55. The molecule has 2 rings (SSSR count). The maximum absolute atomic E-state index is 12.4. The molecule has 1 N–H and O–H groups in total. The number of rotatable bonds is 5. The largest absolute Gasteiger partial charge is 0.481 e. The van der Waals surface area contributed by atoms with Gasteiger partial charge >= 0.3 is 6.03 Å². The van der Waals surface area contributed by atoms with E-state index in [0.29, 0.717) is 50.6 Å². The van der Waals surface area contributed by atoms with Crippen LogP contribution in [0.2, 0.25) is 0 Å². The summed E-state index contributed by atoms with van der Waals surface area (Å²) in [6.45, 7) is 6.61. The van der Waals surface area contributed by atoms with Crippen LogP contribution in [0, 0.1) is 5.92 Å². The van der Waals surface area contributed by atoms with Crippen LogP contribution in [0.5, 0.6) is 5.88 Å². The van der Waals surface area contributed by atoms with Crippen LogP contribution >= 0.6 is 0 Å². The Morgan fingerprint density at radius 3 is 2.46 bits per heavy atom. The van der Waals surface area contributed by atoms with E-state index in [-0.39, 0.29) is 17.9 Å². The Balaban J connectivity index is 1.84. The summed E-state index contributed by atoms with van der Waals surface area (Å²) in [4.78, 5) is 32.4. The SMILES string of the molecule is CCN(CC)C(=O)N1CCC(C(=O)Nc2ccc(OC)nc2)CC1. The van der Waals surface area contributed by atoms with Crippen molar-refractivity contribution in [3.8, 4) is 5.88 Å². The highest BCUT2D eigenvalue weighted by molar-refractivity contribution is 5.92. The first-order chi connectivity index (χ1) is 11.6. The molecule has 1 aromatic heterocycles. The van der Waals surface area contributed by atoms with E-state index >= 15 is 0 Å². The van der Waals surface area contributed by atoms with Gasteiger partial charge in [0.2, 0.25) is 11.8 Å². The minimum absolute atomic E-state index is 0.0168. The molecule has 0 radical (unpaired) electrons. The van der Waals surface area contributed by atoms with Crippen molar-refractivity contribution in [3.63, 3.8) is 0 Å². The molecule has 0 aliphatic carbocycles. The van der Waals surface area contributed by atoms with Crippen molar-refractivity contribution in [2.24, 2.45) is 5.92 Å². The standard InChI is InChI=1S/C17H26N4O3/c1-4-20(5-2)17(23)21-10-8-13(9-11-21)16(22)19-14-6-7-15(24-3)18-12-14/h6-7,12-13H,4-5,8-11H2,1-3H3,(H,19,22). The first-order valence-corrected chi connectivity index (χ1v) is 8.43. The van der Waals surface area contributed by atoms with Gasteiger partial charge in [0.25, 0.3) is 0 Å². The molecular formula is C17H26N4O3. The number of urea groups is 1. The number of anilines is 1. The van der Waals surface area contributed by atoms with E-state index in [0.717, 1.165) is 0 Å². The van der Waals surface area contributed by atoms with Crippen LogP contribution < -0.4 is 10.1 Å². The average molecular weight is 334 g/mol. The normalized spacial score (nSPS) is 15.0. The lowest BCUT2D eigenvalue weighted by molar-refractivity contribution is -0.121. The predicted octanol–water partition coefficient (Wildman–Crippen LogP) is 2.20. The smallest absolute Gasteiger partial charge is 0.319 e. The zero-order chi connectivity index (χ0) is 17.5. The van der Waals surface area contributed by atoms with E-state index in [1.54, 1.807) is 25.4 Å². The number of amides is 3. The van der Waals surface area contributed by atoms with Crippen LogP contribution in [0.1, 0.15) is 26.7 Å². The Hall–Kier alpha value is -2.31.